The fourth-order valence-corrected chi connectivity index (χ4v) is 3.05. The summed E-state index contributed by atoms with van der Waals surface area (Å²) in [5, 5.41) is 2.99. The fourth-order valence-electron chi connectivity index (χ4n) is 3.05. The minimum atomic E-state index is -0.621. The molecule has 0 radical (unpaired) electrons. The summed E-state index contributed by atoms with van der Waals surface area (Å²) in [6.07, 6.45) is 7.83. The van der Waals surface area contributed by atoms with E-state index in [4.69, 9.17) is 10.5 Å². The molecule has 0 unspecified atom stereocenters. The molecule has 4 heteroatoms. The summed E-state index contributed by atoms with van der Waals surface area (Å²) in [4.78, 5) is 12.1. The van der Waals surface area contributed by atoms with Crippen LogP contribution in [0, 0.1) is 0 Å². The van der Waals surface area contributed by atoms with Gasteiger partial charge in [-0.15, -0.1) is 0 Å². The Morgan fingerprint density at radius 3 is 2.57 bits per heavy atom. The maximum atomic E-state index is 12.1. The normalized spacial score (nSPS) is 16.9. The highest BCUT2D eigenvalue weighted by molar-refractivity contribution is 5.86. The number of rotatable bonds is 9. The maximum absolute atomic E-state index is 12.1. The van der Waals surface area contributed by atoms with Gasteiger partial charge in [-0.1, -0.05) is 49.6 Å². The van der Waals surface area contributed by atoms with Crippen LogP contribution in [0.4, 0.5) is 0 Å². The highest BCUT2D eigenvalue weighted by Gasteiger charge is 2.34. The van der Waals surface area contributed by atoms with Gasteiger partial charge in [0.05, 0.1) is 12.1 Å². The summed E-state index contributed by atoms with van der Waals surface area (Å²) < 4.78 is 5.64. The van der Waals surface area contributed by atoms with Crippen molar-refractivity contribution < 1.29 is 9.53 Å². The smallest absolute Gasteiger partial charge is 0.240 e. The number of amides is 1. The van der Waals surface area contributed by atoms with Crippen molar-refractivity contribution in [3.8, 4) is 0 Å². The molecule has 1 aliphatic carbocycles. The lowest BCUT2D eigenvalue weighted by Gasteiger charge is -2.31. The zero-order valence-electron chi connectivity index (χ0n) is 14.1. The third-order valence-electron chi connectivity index (χ3n) is 4.58. The largest absolute Gasteiger partial charge is 0.381 e. The maximum Gasteiger partial charge on any atom is 0.240 e. The first-order valence-corrected chi connectivity index (χ1v) is 8.90. The van der Waals surface area contributed by atoms with Gasteiger partial charge in [0.2, 0.25) is 5.91 Å². The van der Waals surface area contributed by atoms with E-state index in [1.165, 1.54) is 12.0 Å². The third kappa shape index (κ3) is 6.32. The second-order valence-corrected chi connectivity index (χ2v) is 6.53. The minimum absolute atomic E-state index is 0.0298. The Labute approximate surface area is 139 Å². The van der Waals surface area contributed by atoms with Crippen LogP contribution in [0.2, 0.25) is 0 Å². The highest BCUT2D eigenvalue weighted by Crippen LogP contribution is 2.25. The number of unbranched alkanes of at least 4 members (excludes halogenated alkanes) is 1. The summed E-state index contributed by atoms with van der Waals surface area (Å²) in [5.74, 6) is 0.0298. The average Bonchev–Trinajstić information content (AvgIpc) is 2.58. The molecule has 0 bridgehead atoms. The van der Waals surface area contributed by atoms with E-state index in [0.29, 0.717) is 6.54 Å². The van der Waals surface area contributed by atoms with Gasteiger partial charge in [-0.25, -0.2) is 0 Å². The monoisotopic (exact) mass is 318 g/mol. The van der Waals surface area contributed by atoms with Crippen LogP contribution in [0.5, 0.6) is 0 Å². The van der Waals surface area contributed by atoms with E-state index in [2.05, 4.69) is 29.6 Å². The number of hydrogen-bond donors (Lipinski definition) is 2. The molecule has 0 spiro atoms. The van der Waals surface area contributed by atoms with Crippen molar-refractivity contribution in [1.29, 1.82) is 0 Å². The molecule has 128 valence electrons. The summed E-state index contributed by atoms with van der Waals surface area (Å²) in [6.45, 7) is 2.19. The fraction of sp³-hybridized carbons (Fsp3) is 0.632. The Balaban J connectivity index is 1.47. The van der Waals surface area contributed by atoms with Crippen LogP contribution in [-0.2, 0) is 16.0 Å². The number of benzene rings is 1. The van der Waals surface area contributed by atoms with Crippen molar-refractivity contribution >= 4 is 5.91 Å². The van der Waals surface area contributed by atoms with Crippen molar-refractivity contribution in [1.82, 2.24) is 5.32 Å². The molecule has 1 saturated carbocycles. The van der Waals surface area contributed by atoms with Crippen LogP contribution in [0.1, 0.15) is 50.5 Å². The lowest BCUT2D eigenvalue weighted by atomic mass is 9.82. The Hall–Kier alpha value is -1.39. The highest BCUT2D eigenvalue weighted by atomic mass is 16.5. The molecular formula is C19H30N2O2. The van der Waals surface area contributed by atoms with E-state index in [1.807, 2.05) is 6.07 Å². The van der Waals surface area contributed by atoms with Crippen LogP contribution in [0.25, 0.3) is 0 Å². The number of hydrogen-bond acceptors (Lipinski definition) is 3. The summed E-state index contributed by atoms with van der Waals surface area (Å²) in [6, 6.07) is 10.4. The van der Waals surface area contributed by atoms with E-state index in [1.54, 1.807) is 0 Å². The predicted octanol–water partition coefficient (Wildman–Crippen LogP) is 2.80. The Bertz CT molecular complexity index is 456. The van der Waals surface area contributed by atoms with Gasteiger partial charge >= 0.3 is 0 Å². The number of carbonyl (C=O) groups is 1. The second-order valence-electron chi connectivity index (χ2n) is 6.53. The Morgan fingerprint density at radius 2 is 1.83 bits per heavy atom. The van der Waals surface area contributed by atoms with Crippen molar-refractivity contribution in [2.24, 2.45) is 5.73 Å². The first-order chi connectivity index (χ1) is 11.2. The molecule has 4 nitrogen and oxygen atoms in total. The lowest BCUT2D eigenvalue weighted by Crippen LogP contribution is -2.55. The zero-order chi connectivity index (χ0) is 16.4. The molecule has 0 heterocycles. The molecule has 1 fully saturated rings. The molecule has 2 rings (SSSR count). The second kappa shape index (κ2) is 9.68. The summed E-state index contributed by atoms with van der Waals surface area (Å²) in [7, 11) is 0. The Kier molecular flexibility index (Phi) is 7.56. The summed E-state index contributed by atoms with van der Waals surface area (Å²) in [5.41, 5.74) is 6.89. The number of nitrogens with one attached hydrogen (secondary N) is 1. The third-order valence-corrected chi connectivity index (χ3v) is 4.58. The molecular weight excluding hydrogens is 288 g/mol. The van der Waals surface area contributed by atoms with Crippen molar-refractivity contribution in [2.75, 3.05) is 19.8 Å². The number of nitrogens with two attached hydrogens (primary N) is 1. The Morgan fingerprint density at radius 1 is 1.09 bits per heavy atom. The van der Waals surface area contributed by atoms with Crippen LogP contribution < -0.4 is 11.1 Å². The molecule has 1 amide bonds. The van der Waals surface area contributed by atoms with Crippen molar-refractivity contribution in [3.63, 3.8) is 0 Å². The van der Waals surface area contributed by atoms with Crippen LogP contribution in [0.3, 0.4) is 0 Å². The van der Waals surface area contributed by atoms with Crippen LogP contribution in [0.15, 0.2) is 30.3 Å². The van der Waals surface area contributed by atoms with Gasteiger partial charge < -0.3 is 15.8 Å². The average molecular weight is 318 g/mol. The molecule has 0 aromatic heterocycles. The van der Waals surface area contributed by atoms with Gasteiger partial charge in [-0.2, -0.15) is 0 Å². The van der Waals surface area contributed by atoms with Gasteiger partial charge in [0, 0.05) is 13.2 Å². The predicted molar refractivity (Wildman–Crippen MR) is 93.2 cm³/mol. The van der Waals surface area contributed by atoms with Gasteiger partial charge in [0.1, 0.15) is 0 Å². The summed E-state index contributed by atoms with van der Waals surface area (Å²) >= 11 is 0. The molecule has 23 heavy (non-hydrogen) atoms. The first kappa shape index (κ1) is 18.0. The molecule has 3 N–H and O–H groups in total. The topological polar surface area (TPSA) is 64.4 Å². The van der Waals surface area contributed by atoms with Gasteiger partial charge in [-0.3, -0.25) is 4.79 Å². The SMILES string of the molecule is NC1(C(=O)NCCCCOCCc2ccccc2)CCCCC1. The van der Waals surface area contributed by atoms with Crippen LogP contribution >= 0.6 is 0 Å². The van der Waals surface area contributed by atoms with Gasteiger partial charge in [0.25, 0.3) is 0 Å². The van der Waals surface area contributed by atoms with Crippen molar-refractivity contribution in [3.05, 3.63) is 35.9 Å². The van der Waals surface area contributed by atoms with E-state index in [-0.39, 0.29) is 5.91 Å². The molecule has 1 aromatic rings. The van der Waals surface area contributed by atoms with E-state index < -0.39 is 5.54 Å². The molecule has 0 saturated heterocycles. The molecule has 1 aromatic carbocycles. The van der Waals surface area contributed by atoms with Gasteiger partial charge in [0.15, 0.2) is 0 Å². The van der Waals surface area contributed by atoms with E-state index in [9.17, 15) is 4.79 Å². The molecule has 0 atom stereocenters. The quantitative estimate of drug-likeness (QED) is 0.688. The molecule has 0 aliphatic heterocycles. The molecule has 1 aliphatic rings. The number of ether oxygens (including phenoxy) is 1. The van der Waals surface area contributed by atoms with Crippen LogP contribution in [-0.4, -0.2) is 31.2 Å². The van der Waals surface area contributed by atoms with E-state index >= 15 is 0 Å². The number of carbonyl (C=O) groups excluding carboxylic acids is 1. The minimum Gasteiger partial charge on any atom is -0.381 e. The van der Waals surface area contributed by atoms with Crippen molar-refractivity contribution in [2.45, 2.75) is 56.9 Å². The standard InChI is InChI=1S/C19H30N2O2/c20-19(12-5-2-6-13-19)18(22)21-14-7-8-15-23-16-11-17-9-3-1-4-10-17/h1,3-4,9-10H,2,5-8,11-16,20H2,(H,21,22). The van der Waals surface area contributed by atoms with E-state index in [0.717, 1.165) is 58.2 Å². The lowest BCUT2D eigenvalue weighted by molar-refractivity contribution is -0.127. The first-order valence-electron chi connectivity index (χ1n) is 8.90. The zero-order valence-corrected chi connectivity index (χ0v) is 14.1. The van der Waals surface area contributed by atoms with Gasteiger partial charge in [-0.05, 0) is 37.7 Å².